The highest BCUT2D eigenvalue weighted by atomic mass is 32.2. The maximum atomic E-state index is 12.7. The highest BCUT2D eigenvalue weighted by Gasteiger charge is 2.20. The Bertz CT molecular complexity index is 835. The normalized spacial score (nSPS) is 16.8. The fourth-order valence-corrected chi connectivity index (χ4v) is 3.91. The molecule has 7 heteroatoms. The van der Waals surface area contributed by atoms with Gasteiger partial charge in [0.15, 0.2) is 0 Å². The van der Waals surface area contributed by atoms with Gasteiger partial charge in [0.2, 0.25) is 5.91 Å². The van der Waals surface area contributed by atoms with E-state index in [1.165, 1.54) is 11.8 Å². The van der Waals surface area contributed by atoms with Crippen LogP contribution in [0.4, 0.5) is 5.69 Å². The van der Waals surface area contributed by atoms with Crippen LogP contribution in [0.3, 0.4) is 0 Å². The molecule has 1 heterocycles. The maximum Gasteiger partial charge on any atom is 0.253 e. The summed E-state index contributed by atoms with van der Waals surface area (Å²) in [6.07, 6.45) is 2.05. The second-order valence-corrected chi connectivity index (χ2v) is 8.23. The Morgan fingerprint density at radius 2 is 1.97 bits per heavy atom. The van der Waals surface area contributed by atoms with Gasteiger partial charge in [-0.3, -0.25) is 9.59 Å². The maximum absolute atomic E-state index is 12.7. The summed E-state index contributed by atoms with van der Waals surface area (Å²) in [7, 11) is 1.62. The van der Waals surface area contributed by atoms with Crippen molar-refractivity contribution >= 4 is 29.3 Å². The molecule has 2 atom stereocenters. The van der Waals surface area contributed by atoms with Crippen LogP contribution in [-0.2, 0) is 9.53 Å². The van der Waals surface area contributed by atoms with Crippen molar-refractivity contribution in [2.24, 2.45) is 0 Å². The van der Waals surface area contributed by atoms with E-state index in [0.29, 0.717) is 17.8 Å². The molecule has 1 saturated heterocycles. The minimum absolute atomic E-state index is 0.0709. The van der Waals surface area contributed by atoms with E-state index in [9.17, 15) is 9.59 Å². The Morgan fingerprint density at radius 1 is 1.21 bits per heavy atom. The summed E-state index contributed by atoms with van der Waals surface area (Å²) in [5.74, 6) is 0.395. The number of hydrogen-bond donors (Lipinski definition) is 2. The Balaban J connectivity index is 1.59. The molecule has 2 aromatic rings. The zero-order valence-electron chi connectivity index (χ0n) is 16.6. The topological polar surface area (TPSA) is 76.7 Å². The van der Waals surface area contributed by atoms with Gasteiger partial charge in [-0.25, -0.2) is 0 Å². The number of rotatable bonds is 8. The van der Waals surface area contributed by atoms with Gasteiger partial charge < -0.3 is 20.1 Å². The molecule has 29 heavy (non-hydrogen) atoms. The van der Waals surface area contributed by atoms with Crippen molar-refractivity contribution < 1.29 is 19.1 Å². The van der Waals surface area contributed by atoms with E-state index >= 15 is 0 Å². The largest absolute Gasteiger partial charge is 0.497 e. The molecule has 0 saturated carbocycles. The number of carbonyl (C=O) groups is 2. The van der Waals surface area contributed by atoms with Crippen LogP contribution in [0.25, 0.3) is 0 Å². The first-order chi connectivity index (χ1) is 14.1. The first-order valence-corrected chi connectivity index (χ1v) is 10.5. The standard InChI is InChI=1S/C22H26N2O4S/c1-15(29-18-11-9-16(27-2)10-12-18)21(25)24-20-8-4-3-7-19(20)22(26)23-14-17-6-5-13-28-17/h3-4,7-12,15,17H,5-6,13-14H2,1-2H3,(H,23,26)(H,24,25)/t15-,17-/m0/s1. The summed E-state index contributed by atoms with van der Waals surface area (Å²) in [6, 6.07) is 14.6. The third kappa shape index (κ3) is 5.98. The van der Waals surface area contributed by atoms with Gasteiger partial charge in [-0.15, -0.1) is 11.8 Å². The average Bonchev–Trinajstić information content (AvgIpc) is 3.26. The molecule has 0 spiro atoms. The monoisotopic (exact) mass is 414 g/mol. The molecule has 1 fully saturated rings. The molecule has 1 aliphatic heterocycles. The molecule has 154 valence electrons. The second-order valence-electron chi connectivity index (χ2n) is 6.82. The van der Waals surface area contributed by atoms with E-state index in [-0.39, 0.29) is 23.2 Å². The van der Waals surface area contributed by atoms with Crippen LogP contribution in [0.2, 0.25) is 0 Å². The minimum Gasteiger partial charge on any atom is -0.497 e. The number of benzene rings is 2. The van der Waals surface area contributed by atoms with Crippen LogP contribution in [0.15, 0.2) is 53.4 Å². The molecule has 3 rings (SSSR count). The number of ether oxygens (including phenoxy) is 2. The van der Waals surface area contributed by atoms with E-state index in [4.69, 9.17) is 9.47 Å². The van der Waals surface area contributed by atoms with Gasteiger partial charge in [-0.2, -0.15) is 0 Å². The molecule has 2 amide bonds. The first kappa shape index (κ1) is 21.2. The summed E-state index contributed by atoms with van der Waals surface area (Å²) in [5, 5.41) is 5.46. The van der Waals surface area contributed by atoms with Crippen LogP contribution in [0, 0.1) is 0 Å². The number of para-hydroxylation sites is 1. The zero-order chi connectivity index (χ0) is 20.6. The molecule has 0 bridgehead atoms. The van der Waals surface area contributed by atoms with Gasteiger partial charge in [-0.05, 0) is 56.2 Å². The van der Waals surface area contributed by atoms with E-state index in [1.807, 2.05) is 31.2 Å². The molecular weight excluding hydrogens is 388 g/mol. The van der Waals surface area contributed by atoms with Gasteiger partial charge >= 0.3 is 0 Å². The molecule has 2 aromatic carbocycles. The van der Waals surface area contributed by atoms with Gasteiger partial charge in [0.1, 0.15) is 5.75 Å². The Kier molecular flexibility index (Phi) is 7.55. The lowest BCUT2D eigenvalue weighted by atomic mass is 10.1. The summed E-state index contributed by atoms with van der Waals surface area (Å²) < 4.78 is 10.7. The predicted octanol–water partition coefficient (Wildman–Crippen LogP) is 3.72. The summed E-state index contributed by atoms with van der Waals surface area (Å²) in [6.45, 7) is 3.06. The van der Waals surface area contributed by atoms with E-state index in [2.05, 4.69) is 10.6 Å². The van der Waals surface area contributed by atoms with Crippen molar-refractivity contribution in [3.8, 4) is 5.75 Å². The third-order valence-electron chi connectivity index (χ3n) is 4.69. The number of hydrogen-bond acceptors (Lipinski definition) is 5. The van der Waals surface area contributed by atoms with Gasteiger partial charge in [-0.1, -0.05) is 12.1 Å². The van der Waals surface area contributed by atoms with Crippen molar-refractivity contribution in [1.82, 2.24) is 5.32 Å². The molecule has 0 aliphatic carbocycles. The smallest absolute Gasteiger partial charge is 0.253 e. The highest BCUT2D eigenvalue weighted by molar-refractivity contribution is 8.00. The first-order valence-electron chi connectivity index (χ1n) is 9.67. The summed E-state index contributed by atoms with van der Waals surface area (Å²) >= 11 is 1.45. The highest BCUT2D eigenvalue weighted by Crippen LogP contribution is 2.26. The van der Waals surface area contributed by atoms with E-state index in [0.717, 1.165) is 30.1 Å². The number of methoxy groups -OCH3 is 1. The second kappa shape index (κ2) is 10.3. The lowest BCUT2D eigenvalue weighted by Crippen LogP contribution is -2.32. The average molecular weight is 415 g/mol. The van der Waals surface area contributed by atoms with Crippen LogP contribution >= 0.6 is 11.8 Å². The third-order valence-corrected chi connectivity index (χ3v) is 5.80. The van der Waals surface area contributed by atoms with Gasteiger partial charge in [0.05, 0.1) is 29.7 Å². The molecule has 1 aliphatic rings. The molecule has 0 radical (unpaired) electrons. The van der Waals surface area contributed by atoms with Crippen molar-refractivity contribution in [2.45, 2.75) is 36.0 Å². The molecule has 2 N–H and O–H groups in total. The molecule has 0 unspecified atom stereocenters. The van der Waals surface area contributed by atoms with Gasteiger partial charge in [0, 0.05) is 18.0 Å². The Labute approximate surface area is 175 Å². The van der Waals surface area contributed by atoms with E-state index in [1.54, 1.807) is 31.4 Å². The van der Waals surface area contributed by atoms with E-state index < -0.39 is 0 Å². The fourth-order valence-electron chi connectivity index (χ4n) is 3.04. The van der Waals surface area contributed by atoms with Crippen molar-refractivity contribution in [3.05, 3.63) is 54.1 Å². The fraction of sp³-hybridized carbons (Fsp3) is 0.364. The lowest BCUT2D eigenvalue weighted by molar-refractivity contribution is -0.115. The molecule has 0 aromatic heterocycles. The number of thioether (sulfide) groups is 1. The molecular formula is C22H26N2O4S. The molecule has 6 nitrogen and oxygen atoms in total. The summed E-state index contributed by atoms with van der Waals surface area (Å²) in [5.41, 5.74) is 0.949. The van der Waals surface area contributed by atoms with Crippen molar-refractivity contribution in [3.63, 3.8) is 0 Å². The number of carbonyl (C=O) groups excluding carboxylic acids is 2. The number of nitrogens with one attached hydrogen (secondary N) is 2. The van der Waals surface area contributed by atoms with Crippen LogP contribution in [0.5, 0.6) is 5.75 Å². The van der Waals surface area contributed by atoms with Crippen molar-refractivity contribution in [1.29, 1.82) is 0 Å². The SMILES string of the molecule is COc1ccc(S[C@@H](C)C(=O)Nc2ccccc2C(=O)NC[C@@H]2CCCO2)cc1. The lowest BCUT2D eigenvalue weighted by Gasteiger charge is -2.16. The predicted molar refractivity (Wildman–Crippen MR) is 115 cm³/mol. The van der Waals surface area contributed by atoms with Crippen LogP contribution in [0.1, 0.15) is 30.1 Å². The zero-order valence-corrected chi connectivity index (χ0v) is 17.5. The van der Waals surface area contributed by atoms with Crippen LogP contribution < -0.4 is 15.4 Å². The number of amides is 2. The quantitative estimate of drug-likeness (QED) is 0.644. The minimum atomic E-state index is -0.327. The Hall–Kier alpha value is -2.51. The van der Waals surface area contributed by atoms with Gasteiger partial charge in [0.25, 0.3) is 5.91 Å². The van der Waals surface area contributed by atoms with Crippen molar-refractivity contribution in [2.75, 3.05) is 25.6 Å². The summed E-state index contributed by atoms with van der Waals surface area (Å²) in [4.78, 5) is 26.2. The Morgan fingerprint density at radius 3 is 2.66 bits per heavy atom. The van der Waals surface area contributed by atoms with Crippen LogP contribution in [-0.4, -0.2) is 43.4 Å². The number of anilines is 1.